The van der Waals surface area contributed by atoms with E-state index in [0.29, 0.717) is 67.9 Å². The number of fused-ring (bicyclic) bond motifs is 4. The van der Waals surface area contributed by atoms with E-state index in [1.165, 1.54) is 10.8 Å². The highest BCUT2D eigenvalue weighted by molar-refractivity contribution is 6.87. The Bertz CT molecular complexity index is 2450. The number of aromatic amines is 1. The van der Waals surface area contributed by atoms with Crippen molar-refractivity contribution >= 4 is 75.2 Å². The van der Waals surface area contributed by atoms with Gasteiger partial charge in [-0.2, -0.15) is 0 Å². The second kappa shape index (κ2) is 26.2. The molecule has 1 aromatic heterocycles. The van der Waals surface area contributed by atoms with Crippen LogP contribution >= 0.6 is 0 Å². The third-order valence-corrected chi connectivity index (χ3v) is 36.7. The van der Waals surface area contributed by atoms with Gasteiger partial charge in [0.25, 0.3) is 25.6 Å². The molecule has 4 saturated heterocycles. The Morgan fingerprint density at radius 2 is 1.42 bits per heavy atom. The van der Waals surface area contributed by atoms with Crippen LogP contribution in [0, 0.1) is 6.92 Å². The molecule has 0 saturated carbocycles. The van der Waals surface area contributed by atoms with Crippen molar-refractivity contribution in [1.82, 2.24) is 14.9 Å². The lowest BCUT2D eigenvalue weighted by Crippen LogP contribution is -2.70. The van der Waals surface area contributed by atoms with Crippen LogP contribution in [0.15, 0.2) is 94.6 Å². The van der Waals surface area contributed by atoms with Gasteiger partial charge in [-0.15, -0.1) is 0 Å². The van der Waals surface area contributed by atoms with Crippen molar-refractivity contribution in [2.45, 2.75) is 68.0 Å². The number of nitrogens with zero attached hydrogens (tertiary/aromatic N) is 1. The van der Waals surface area contributed by atoms with Crippen LogP contribution < -0.4 is 43.2 Å². The highest BCUT2D eigenvalue weighted by Gasteiger charge is 2.60. The molecule has 4 fully saturated rings. The summed E-state index contributed by atoms with van der Waals surface area (Å²) in [5, 5.41) is 14.8. The fourth-order valence-electron chi connectivity index (χ4n) is 8.71. The molecule has 4 aliphatic rings. The molecule has 394 valence electrons. The van der Waals surface area contributed by atoms with Gasteiger partial charge in [-0.05, 0) is 99.1 Å². The van der Waals surface area contributed by atoms with Gasteiger partial charge in [0.15, 0.2) is 0 Å². The number of nitrogens with two attached hydrogens (primary N) is 3. The standard InChI is InChI=1S/C41H66N6O17Si8/c1-30-28-47(40(50)46-39(30)49)38-27-36(48)37(54-38)29-53-41(31-7-4-3-5-8-31,32-9-13-34(51-2)14-10-32)33-11-15-35(16-12-33)52-22-6-20-45-21-24-68-56-66-58-70-59-69-57-65-55-67(23-17-42)60-71(62-69,25-18-43)64-72(61-68,63-70)26-19-44/h3-5,7-16,28,36-38,45,48,67-70H,6,17-27,29,42-44,65-66H2,1-2H3,(H,46,49,50)/t36?,37-,38-,41?,67?,68?,69?,70?,71?,72?/m1/s1. The Hall–Kier alpha value is -3.00. The fraction of sp³-hybridized carbons (Fsp3) is 0.463. The van der Waals surface area contributed by atoms with Crippen molar-refractivity contribution in [3.63, 3.8) is 0 Å². The Morgan fingerprint density at radius 3 is 2.03 bits per heavy atom. The molecule has 72 heavy (non-hydrogen) atoms. The summed E-state index contributed by atoms with van der Waals surface area (Å²) in [6.45, 7) is 4.12. The van der Waals surface area contributed by atoms with Crippen molar-refractivity contribution in [2.24, 2.45) is 17.2 Å². The van der Waals surface area contributed by atoms with E-state index in [2.05, 4.69) is 10.3 Å². The molecule has 9 N–H and O–H groups in total. The van der Waals surface area contributed by atoms with Crippen LogP contribution in [-0.2, 0) is 56.2 Å². The molecule has 10 atom stereocenters. The second-order valence-electron chi connectivity index (χ2n) is 17.3. The maximum atomic E-state index is 12.7. The highest BCUT2D eigenvalue weighted by atomic mass is 28.6. The molecule has 4 aliphatic heterocycles. The van der Waals surface area contributed by atoms with E-state index in [1.54, 1.807) is 14.0 Å². The first-order chi connectivity index (χ1) is 35.0. The topological polar surface area (TPSA) is 294 Å². The summed E-state index contributed by atoms with van der Waals surface area (Å²) in [7, 11) is -18.9. The van der Waals surface area contributed by atoms with E-state index >= 15 is 0 Å². The number of methoxy groups -OCH3 is 1. The number of aromatic nitrogens is 2. The number of aliphatic hydroxyl groups is 1. The molecule has 3 aromatic carbocycles. The van der Waals surface area contributed by atoms with Crippen LogP contribution in [0.25, 0.3) is 0 Å². The lowest BCUT2D eigenvalue weighted by Gasteiger charge is -2.47. The van der Waals surface area contributed by atoms with Gasteiger partial charge in [-0.25, -0.2) is 4.79 Å². The molecule has 0 aliphatic carbocycles. The third-order valence-electron chi connectivity index (χ3n) is 12.3. The lowest BCUT2D eigenvalue weighted by molar-refractivity contribution is -0.0944. The molecule has 0 spiro atoms. The maximum absolute atomic E-state index is 12.7. The molecular formula is C41H66N6O17Si8. The quantitative estimate of drug-likeness (QED) is 0.0274. The van der Waals surface area contributed by atoms with Gasteiger partial charge in [0.05, 0.1) is 26.4 Å². The Balaban J connectivity index is 0.898. The van der Waals surface area contributed by atoms with E-state index in [0.717, 1.165) is 16.7 Å². The zero-order valence-electron chi connectivity index (χ0n) is 40.4. The summed E-state index contributed by atoms with van der Waals surface area (Å²) in [5.74, 6) is 1.34. The van der Waals surface area contributed by atoms with Crippen molar-refractivity contribution in [3.05, 3.63) is 128 Å². The van der Waals surface area contributed by atoms with E-state index in [4.69, 9.17) is 77.3 Å². The second-order valence-corrected chi connectivity index (χ2v) is 36.6. The summed E-state index contributed by atoms with van der Waals surface area (Å²) in [6.07, 6.45) is -0.287. The van der Waals surface area contributed by atoms with Crippen molar-refractivity contribution in [2.75, 3.05) is 53.0 Å². The van der Waals surface area contributed by atoms with Gasteiger partial charge < -0.3 is 87.7 Å². The Kier molecular flexibility index (Phi) is 20.1. The summed E-state index contributed by atoms with van der Waals surface area (Å²) < 4.78 is 90.7. The van der Waals surface area contributed by atoms with Crippen LogP contribution in [0.1, 0.15) is 41.3 Å². The van der Waals surface area contributed by atoms with Gasteiger partial charge in [0, 0.05) is 30.3 Å². The van der Waals surface area contributed by atoms with Gasteiger partial charge >= 0.3 is 60.9 Å². The first kappa shape index (κ1) is 55.2. The molecule has 4 bridgehead atoms. The number of aryl methyl sites for hydroxylation is 1. The molecule has 0 amide bonds. The number of H-pyrrole nitrogens is 1. The fourth-order valence-corrected chi connectivity index (χ4v) is 38.4. The molecule has 4 aromatic rings. The van der Waals surface area contributed by atoms with E-state index in [1.807, 2.05) is 78.9 Å². The smallest absolute Gasteiger partial charge is 0.478 e. The first-order valence-corrected chi connectivity index (χ1v) is 36.6. The molecular weight excluding hydrogens is 1070 g/mol. The number of benzene rings is 3. The number of hydrogen-bond donors (Lipinski definition) is 6. The van der Waals surface area contributed by atoms with Gasteiger partial charge in [0.1, 0.15) is 29.4 Å². The van der Waals surface area contributed by atoms with E-state index in [9.17, 15) is 14.7 Å². The van der Waals surface area contributed by atoms with Crippen LogP contribution in [0.2, 0.25) is 24.2 Å². The Labute approximate surface area is 431 Å². The monoisotopic (exact) mass is 1140 g/mol. The number of ether oxygens (including phenoxy) is 4. The highest BCUT2D eigenvalue weighted by Crippen LogP contribution is 2.43. The maximum Gasteiger partial charge on any atom is 0.478 e. The molecule has 8 unspecified atom stereocenters. The normalized spacial score (nSPS) is 29.3. The van der Waals surface area contributed by atoms with Crippen molar-refractivity contribution in [3.8, 4) is 11.5 Å². The lowest BCUT2D eigenvalue weighted by atomic mass is 9.80. The van der Waals surface area contributed by atoms with Gasteiger partial charge in [0.2, 0.25) is 0 Å². The first-order valence-electron chi connectivity index (χ1n) is 24.1. The minimum atomic E-state index is -3.63. The van der Waals surface area contributed by atoms with Crippen molar-refractivity contribution < 1.29 is 65.2 Å². The van der Waals surface area contributed by atoms with Gasteiger partial charge in [-0.3, -0.25) is 14.3 Å². The number of nitrogens with one attached hydrogen (secondary N) is 2. The minimum Gasteiger partial charge on any atom is -0.497 e. The van der Waals surface area contributed by atoms with Crippen molar-refractivity contribution in [1.29, 1.82) is 0 Å². The molecule has 5 heterocycles. The number of aliphatic hydroxyl groups excluding tert-OH is 1. The predicted molar refractivity (Wildman–Crippen MR) is 280 cm³/mol. The van der Waals surface area contributed by atoms with E-state index in [-0.39, 0.29) is 32.2 Å². The third kappa shape index (κ3) is 13.7. The largest absolute Gasteiger partial charge is 0.497 e. The number of rotatable bonds is 22. The summed E-state index contributed by atoms with van der Waals surface area (Å²) in [4.78, 5) is 27.1. The molecule has 8 rings (SSSR count). The molecule has 31 heteroatoms. The van der Waals surface area contributed by atoms with Crippen LogP contribution in [0.5, 0.6) is 11.5 Å². The number of hydrogen-bond acceptors (Lipinski definition) is 21. The van der Waals surface area contributed by atoms with Crippen LogP contribution in [0.3, 0.4) is 0 Å². The summed E-state index contributed by atoms with van der Waals surface area (Å²) >= 11 is 0. The van der Waals surface area contributed by atoms with Gasteiger partial charge in [-0.1, -0.05) is 54.6 Å². The molecule has 0 radical (unpaired) electrons. The zero-order valence-corrected chi connectivity index (χ0v) is 49.8. The zero-order chi connectivity index (χ0) is 50.6. The Morgan fingerprint density at radius 1 is 0.806 bits per heavy atom. The molecule has 23 nitrogen and oxygen atoms in total. The SMILES string of the molecule is COc1ccc(C(OC[C@H]2O[C@@H](n3cc(C)c(=O)[nH]c3=O)CC2O)(c2ccccc2)c2ccc(OCCCNCC[SiH]3O[SiH2]O[SiH]4O[SiH]5O[SiH2]O[SiH](CCN)O[Si](CCN)(O5)O[Si](CCN)(O3)O4)cc2)cc1. The average molecular weight is 1140 g/mol. The summed E-state index contributed by atoms with van der Waals surface area (Å²) in [5.41, 5.74) is 18.7. The van der Waals surface area contributed by atoms with E-state index < -0.39 is 111 Å². The summed E-state index contributed by atoms with van der Waals surface area (Å²) in [6, 6.07) is 26.9. The minimum absolute atomic E-state index is 0.0419. The van der Waals surface area contributed by atoms with Crippen LogP contribution in [-0.4, -0.2) is 155 Å². The predicted octanol–water partition coefficient (Wildman–Crippen LogP) is -2.30. The van der Waals surface area contributed by atoms with Crippen LogP contribution in [0.4, 0.5) is 0 Å². The average Bonchev–Trinajstić information content (AvgIpc) is 3.73.